The van der Waals surface area contributed by atoms with Crippen molar-refractivity contribution in [3.63, 3.8) is 0 Å². The number of aromatic nitrogens is 1. The van der Waals surface area contributed by atoms with Gasteiger partial charge in [-0.1, -0.05) is 0 Å². The molecule has 0 saturated heterocycles. The molecule has 0 aromatic carbocycles. The van der Waals surface area contributed by atoms with Crippen LogP contribution in [0, 0.1) is 0 Å². The molecule has 1 amide bonds. The van der Waals surface area contributed by atoms with Crippen molar-refractivity contribution >= 4 is 11.7 Å². The van der Waals surface area contributed by atoms with Gasteiger partial charge in [0.05, 0.1) is 5.56 Å². The molecule has 0 spiro atoms. The van der Waals surface area contributed by atoms with Crippen LogP contribution in [0.2, 0.25) is 0 Å². The summed E-state index contributed by atoms with van der Waals surface area (Å²) >= 11 is 0. The zero-order valence-corrected chi connectivity index (χ0v) is 5.64. The van der Waals surface area contributed by atoms with Gasteiger partial charge in [-0.05, 0) is 6.07 Å². The number of aromatic amines is 1. The minimum Gasteiger partial charge on any atom is -0.385 e. The summed E-state index contributed by atoms with van der Waals surface area (Å²) in [5.74, 6) is 0.234. The lowest BCUT2D eigenvalue weighted by Crippen LogP contribution is -2.18. The maximum absolute atomic E-state index is 10.9. The fourth-order valence-corrected chi connectivity index (χ4v) is 0.715. The second-order valence-corrected chi connectivity index (χ2v) is 1.88. The van der Waals surface area contributed by atoms with E-state index in [1.54, 1.807) is 19.3 Å². The smallest absolute Gasteiger partial charge is 0.254 e. The molecule has 1 rings (SSSR count). The third-order valence-electron chi connectivity index (χ3n) is 1.25. The van der Waals surface area contributed by atoms with Gasteiger partial charge in [0.2, 0.25) is 0 Å². The van der Waals surface area contributed by atoms with E-state index in [1.807, 2.05) is 0 Å². The van der Waals surface area contributed by atoms with E-state index >= 15 is 0 Å². The van der Waals surface area contributed by atoms with Gasteiger partial charge in [0.15, 0.2) is 0 Å². The summed E-state index contributed by atoms with van der Waals surface area (Å²) in [7, 11) is 1.56. The van der Waals surface area contributed by atoms with Crippen molar-refractivity contribution in [2.45, 2.75) is 0 Å². The Hall–Kier alpha value is -1.45. The van der Waals surface area contributed by atoms with Gasteiger partial charge in [-0.2, -0.15) is 0 Å². The van der Waals surface area contributed by atoms with Crippen LogP contribution in [0.3, 0.4) is 0 Å². The van der Waals surface area contributed by atoms with Gasteiger partial charge < -0.3 is 16.0 Å². The van der Waals surface area contributed by atoms with Crippen LogP contribution in [0.1, 0.15) is 10.4 Å². The van der Waals surface area contributed by atoms with Crippen LogP contribution in [0.4, 0.5) is 5.82 Å². The lowest BCUT2D eigenvalue weighted by molar-refractivity contribution is 0.0964. The lowest BCUT2D eigenvalue weighted by atomic mass is 10.3. The van der Waals surface area contributed by atoms with Crippen molar-refractivity contribution < 1.29 is 4.79 Å². The quantitative estimate of drug-likeness (QED) is 0.510. The summed E-state index contributed by atoms with van der Waals surface area (Å²) in [5, 5.41) is 2.47. The largest absolute Gasteiger partial charge is 0.385 e. The zero-order valence-electron chi connectivity index (χ0n) is 5.64. The van der Waals surface area contributed by atoms with E-state index in [4.69, 9.17) is 5.73 Å². The van der Waals surface area contributed by atoms with Gasteiger partial charge in [-0.3, -0.25) is 4.79 Å². The Kier molecular flexibility index (Phi) is 1.62. The molecular weight excluding hydrogens is 130 g/mol. The Morgan fingerprint density at radius 1 is 1.80 bits per heavy atom. The standard InChI is InChI=1S/C6H9N3O/c1-8-6(10)4-2-3-9-5(4)7/h2-3,9H,7H2,1H3,(H,8,10). The molecule has 0 aliphatic heterocycles. The highest BCUT2D eigenvalue weighted by Crippen LogP contribution is 2.06. The van der Waals surface area contributed by atoms with Crippen molar-refractivity contribution in [2.75, 3.05) is 12.8 Å². The van der Waals surface area contributed by atoms with Crippen molar-refractivity contribution in [3.05, 3.63) is 17.8 Å². The number of carbonyl (C=O) groups excluding carboxylic acids is 1. The molecule has 1 heterocycles. The number of nitrogen functional groups attached to an aromatic ring is 1. The van der Waals surface area contributed by atoms with Crippen molar-refractivity contribution in [1.82, 2.24) is 10.3 Å². The van der Waals surface area contributed by atoms with E-state index in [1.165, 1.54) is 0 Å². The van der Waals surface area contributed by atoms with Gasteiger partial charge in [0.1, 0.15) is 5.82 Å². The van der Waals surface area contributed by atoms with Crippen molar-refractivity contribution in [2.24, 2.45) is 0 Å². The van der Waals surface area contributed by atoms with Crippen LogP contribution in [0.5, 0.6) is 0 Å². The van der Waals surface area contributed by atoms with Gasteiger partial charge in [0.25, 0.3) is 5.91 Å². The first-order chi connectivity index (χ1) is 4.75. The van der Waals surface area contributed by atoms with Crippen LogP contribution in [0.25, 0.3) is 0 Å². The van der Waals surface area contributed by atoms with Gasteiger partial charge in [-0.15, -0.1) is 0 Å². The molecule has 0 bridgehead atoms. The lowest BCUT2D eigenvalue weighted by Gasteiger charge is -1.95. The number of rotatable bonds is 1. The third kappa shape index (κ3) is 0.953. The van der Waals surface area contributed by atoms with Gasteiger partial charge in [0, 0.05) is 13.2 Å². The Morgan fingerprint density at radius 2 is 2.50 bits per heavy atom. The first-order valence-corrected chi connectivity index (χ1v) is 2.90. The third-order valence-corrected chi connectivity index (χ3v) is 1.25. The number of amides is 1. The number of nitrogens with one attached hydrogen (secondary N) is 2. The van der Waals surface area contributed by atoms with Gasteiger partial charge in [-0.25, -0.2) is 0 Å². The van der Waals surface area contributed by atoms with E-state index < -0.39 is 0 Å². The summed E-state index contributed by atoms with van der Waals surface area (Å²) in [6.45, 7) is 0. The van der Waals surface area contributed by atoms with Crippen LogP contribution >= 0.6 is 0 Å². The summed E-state index contributed by atoms with van der Waals surface area (Å²) in [6.07, 6.45) is 1.62. The Balaban J connectivity index is 2.93. The molecule has 0 saturated carbocycles. The number of H-pyrrole nitrogens is 1. The van der Waals surface area contributed by atoms with E-state index in [-0.39, 0.29) is 5.91 Å². The Bertz CT molecular complexity index is 241. The number of nitrogens with two attached hydrogens (primary N) is 1. The Morgan fingerprint density at radius 3 is 2.90 bits per heavy atom. The second kappa shape index (κ2) is 2.43. The Labute approximate surface area is 58.4 Å². The maximum Gasteiger partial charge on any atom is 0.254 e. The summed E-state index contributed by atoms with van der Waals surface area (Å²) < 4.78 is 0. The molecular formula is C6H9N3O. The highest BCUT2D eigenvalue weighted by atomic mass is 16.1. The molecule has 4 N–H and O–H groups in total. The summed E-state index contributed by atoms with van der Waals surface area (Å²) in [4.78, 5) is 13.6. The second-order valence-electron chi connectivity index (χ2n) is 1.88. The van der Waals surface area contributed by atoms with E-state index in [0.717, 1.165) is 0 Å². The predicted molar refractivity (Wildman–Crippen MR) is 38.6 cm³/mol. The van der Waals surface area contributed by atoms with E-state index in [9.17, 15) is 4.79 Å². The van der Waals surface area contributed by atoms with Crippen LogP contribution in [-0.4, -0.2) is 17.9 Å². The molecule has 0 fully saturated rings. The minimum absolute atomic E-state index is 0.168. The normalized spacial score (nSPS) is 9.30. The minimum atomic E-state index is -0.168. The van der Waals surface area contributed by atoms with Gasteiger partial charge >= 0.3 is 0 Å². The SMILES string of the molecule is CNC(=O)c1cc[nH]c1N. The molecule has 54 valence electrons. The molecule has 0 aliphatic rings. The fourth-order valence-electron chi connectivity index (χ4n) is 0.715. The summed E-state index contributed by atoms with van der Waals surface area (Å²) in [5.41, 5.74) is 5.89. The highest BCUT2D eigenvalue weighted by molar-refractivity contribution is 5.98. The monoisotopic (exact) mass is 139 g/mol. The molecule has 0 unspecified atom stereocenters. The maximum atomic E-state index is 10.9. The fraction of sp³-hybridized carbons (Fsp3) is 0.167. The van der Waals surface area contributed by atoms with E-state index in [0.29, 0.717) is 11.4 Å². The predicted octanol–water partition coefficient (Wildman–Crippen LogP) is -0.0435. The summed E-state index contributed by atoms with van der Waals surface area (Å²) in [6, 6.07) is 1.63. The molecule has 10 heavy (non-hydrogen) atoms. The van der Waals surface area contributed by atoms with Crippen LogP contribution in [0.15, 0.2) is 12.3 Å². The number of anilines is 1. The van der Waals surface area contributed by atoms with Crippen molar-refractivity contribution in [1.29, 1.82) is 0 Å². The number of carbonyl (C=O) groups is 1. The molecule has 4 nitrogen and oxygen atoms in total. The van der Waals surface area contributed by atoms with Crippen LogP contribution in [-0.2, 0) is 0 Å². The highest BCUT2D eigenvalue weighted by Gasteiger charge is 2.06. The molecule has 0 atom stereocenters. The molecule has 0 aliphatic carbocycles. The first kappa shape index (κ1) is 6.67. The average molecular weight is 139 g/mol. The molecule has 0 radical (unpaired) electrons. The molecule has 1 aromatic heterocycles. The first-order valence-electron chi connectivity index (χ1n) is 2.90. The topological polar surface area (TPSA) is 70.9 Å². The molecule has 4 heteroatoms. The average Bonchev–Trinajstić information content (AvgIpc) is 2.34. The number of hydrogen-bond acceptors (Lipinski definition) is 2. The molecule has 1 aromatic rings. The van der Waals surface area contributed by atoms with Crippen molar-refractivity contribution in [3.8, 4) is 0 Å². The van der Waals surface area contributed by atoms with E-state index in [2.05, 4.69) is 10.3 Å². The zero-order chi connectivity index (χ0) is 7.56. The van der Waals surface area contributed by atoms with Crippen LogP contribution < -0.4 is 11.1 Å². The number of hydrogen-bond donors (Lipinski definition) is 3.